The van der Waals surface area contributed by atoms with E-state index in [1.807, 2.05) is 17.0 Å². The number of halogens is 2. The molecule has 3 rings (SSSR count). The van der Waals surface area contributed by atoms with Crippen LogP contribution >= 0.6 is 11.6 Å². The summed E-state index contributed by atoms with van der Waals surface area (Å²) in [6, 6.07) is 11.1. The molecule has 0 bridgehead atoms. The van der Waals surface area contributed by atoms with Gasteiger partial charge in [-0.15, -0.1) is 0 Å². The molecule has 120 valence electrons. The van der Waals surface area contributed by atoms with E-state index in [0.717, 1.165) is 13.1 Å². The maximum atomic E-state index is 12.1. The molecule has 2 heterocycles. The quantitative estimate of drug-likeness (QED) is 0.458. The number of benzene rings is 1. The molecule has 0 saturated carbocycles. The lowest BCUT2D eigenvalue weighted by Gasteiger charge is -2.15. The van der Waals surface area contributed by atoms with Crippen LogP contribution in [0.25, 0.3) is 6.20 Å². The number of hydrogen-bond acceptors (Lipinski definition) is 2. The number of rotatable bonds is 4. The smallest absolute Gasteiger partial charge is 0.191 e. The lowest BCUT2D eigenvalue weighted by Crippen LogP contribution is -3.00. The summed E-state index contributed by atoms with van der Waals surface area (Å²) in [7, 11) is 0. The Kier molecular flexibility index (Phi) is 6.20. The molecule has 0 amide bonds. The van der Waals surface area contributed by atoms with Crippen molar-refractivity contribution in [3.05, 3.63) is 65.5 Å². The minimum Gasteiger partial charge on any atom is -1.00 e. The van der Waals surface area contributed by atoms with E-state index in [2.05, 4.69) is 17.0 Å². The van der Waals surface area contributed by atoms with Crippen LogP contribution in [0.15, 0.2) is 54.9 Å². The minimum atomic E-state index is -0.0345. The number of pyridine rings is 1. The lowest BCUT2D eigenvalue weighted by molar-refractivity contribution is -0.568. The summed E-state index contributed by atoms with van der Waals surface area (Å²) in [5.41, 5.74) is 1.88. The Morgan fingerprint density at radius 2 is 1.65 bits per heavy atom. The third-order valence-corrected chi connectivity index (χ3v) is 4.08. The Morgan fingerprint density at radius 3 is 2.26 bits per heavy atom. The van der Waals surface area contributed by atoms with Crippen molar-refractivity contribution in [2.75, 3.05) is 18.0 Å². The number of anilines is 1. The molecule has 0 unspecified atom stereocenters. The highest BCUT2D eigenvalue weighted by Gasteiger charge is 2.13. The van der Waals surface area contributed by atoms with Crippen LogP contribution in [0.2, 0.25) is 5.02 Å². The molecule has 3 nitrogen and oxygen atoms in total. The zero-order valence-electron chi connectivity index (χ0n) is 12.7. The van der Waals surface area contributed by atoms with Crippen LogP contribution in [0.1, 0.15) is 23.2 Å². The summed E-state index contributed by atoms with van der Waals surface area (Å²) in [4.78, 5) is 14.4. The SMILES string of the molecule is O=C(/C=C/[n+]1ccc(N2CCCC2)cc1)c1ccc(Cl)cc1.[Cl-]. The largest absolute Gasteiger partial charge is 1.00 e. The summed E-state index contributed by atoms with van der Waals surface area (Å²) in [5.74, 6) is -0.0345. The van der Waals surface area contributed by atoms with E-state index >= 15 is 0 Å². The van der Waals surface area contributed by atoms with E-state index in [4.69, 9.17) is 11.6 Å². The first-order valence-corrected chi connectivity index (χ1v) is 7.84. The third-order valence-electron chi connectivity index (χ3n) is 3.83. The van der Waals surface area contributed by atoms with E-state index in [1.165, 1.54) is 18.5 Å². The molecule has 0 spiro atoms. The van der Waals surface area contributed by atoms with Gasteiger partial charge >= 0.3 is 0 Å². The first kappa shape index (κ1) is 17.5. The number of allylic oxidation sites excluding steroid dienone is 1. The highest BCUT2D eigenvalue weighted by atomic mass is 35.5. The van der Waals surface area contributed by atoms with Gasteiger partial charge in [-0.2, -0.15) is 4.57 Å². The molecule has 2 aromatic rings. The summed E-state index contributed by atoms with van der Waals surface area (Å²) in [6.45, 7) is 2.27. The number of carbonyl (C=O) groups is 1. The predicted molar refractivity (Wildman–Crippen MR) is 89.2 cm³/mol. The molecular weight excluding hydrogens is 331 g/mol. The second-order valence-corrected chi connectivity index (χ2v) is 5.82. The molecule has 1 aromatic heterocycles. The number of ketones is 1. The minimum absolute atomic E-state index is 0. The van der Waals surface area contributed by atoms with E-state index in [0.29, 0.717) is 10.6 Å². The van der Waals surface area contributed by atoms with Crippen molar-refractivity contribution in [2.45, 2.75) is 12.8 Å². The average molecular weight is 349 g/mol. The standard InChI is InChI=1S/C18H18ClN2O.ClH/c19-16-5-3-15(4-6-16)18(22)9-14-20-12-7-17(8-13-20)21-10-1-2-11-21;/h3-9,12-14H,1-2,10-11H2;1H/q+1;/p-1/b14-9+;. The fraction of sp³-hybridized carbons (Fsp3) is 0.222. The van der Waals surface area contributed by atoms with Crippen molar-refractivity contribution in [2.24, 2.45) is 0 Å². The fourth-order valence-corrected chi connectivity index (χ4v) is 2.71. The van der Waals surface area contributed by atoms with Crippen LogP contribution in [0, 0.1) is 0 Å². The van der Waals surface area contributed by atoms with Crippen LogP contribution in [0.4, 0.5) is 5.69 Å². The number of aromatic nitrogens is 1. The Bertz CT molecular complexity index is 675. The lowest BCUT2D eigenvalue weighted by atomic mass is 10.1. The topological polar surface area (TPSA) is 24.2 Å². The summed E-state index contributed by atoms with van der Waals surface area (Å²) < 4.78 is 1.88. The van der Waals surface area contributed by atoms with Crippen LogP contribution < -0.4 is 21.9 Å². The van der Waals surface area contributed by atoms with Crippen LogP contribution in [-0.2, 0) is 0 Å². The monoisotopic (exact) mass is 348 g/mol. The Hall–Kier alpha value is -1.84. The van der Waals surface area contributed by atoms with Crippen molar-refractivity contribution in [1.29, 1.82) is 0 Å². The van der Waals surface area contributed by atoms with Gasteiger partial charge in [-0.05, 0) is 37.1 Å². The average Bonchev–Trinajstić information content (AvgIpc) is 3.08. The van der Waals surface area contributed by atoms with E-state index in [-0.39, 0.29) is 18.2 Å². The van der Waals surface area contributed by atoms with Gasteiger partial charge in [0, 0.05) is 41.5 Å². The summed E-state index contributed by atoms with van der Waals surface area (Å²) in [6.07, 6.45) is 9.82. The predicted octanol–water partition coefficient (Wildman–Crippen LogP) is 0.585. The summed E-state index contributed by atoms with van der Waals surface area (Å²) in [5, 5.41) is 0.632. The molecule has 1 aliphatic rings. The van der Waals surface area contributed by atoms with Gasteiger partial charge in [0.25, 0.3) is 0 Å². The van der Waals surface area contributed by atoms with E-state index in [9.17, 15) is 4.79 Å². The van der Waals surface area contributed by atoms with Gasteiger partial charge in [-0.25, -0.2) is 0 Å². The van der Waals surface area contributed by atoms with Gasteiger partial charge in [0.15, 0.2) is 24.4 Å². The van der Waals surface area contributed by atoms with Crippen molar-refractivity contribution in [3.8, 4) is 0 Å². The molecule has 0 radical (unpaired) electrons. The zero-order valence-corrected chi connectivity index (χ0v) is 14.2. The number of carbonyl (C=O) groups excluding carboxylic acids is 1. The molecule has 0 aliphatic carbocycles. The second-order valence-electron chi connectivity index (χ2n) is 5.38. The van der Waals surface area contributed by atoms with Crippen molar-refractivity contribution >= 4 is 29.3 Å². The maximum Gasteiger partial charge on any atom is 0.191 e. The summed E-state index contributed by atoms with van der Waals surface area (Å²) >= 11 is 5.82. The normalized spacial score (nSPS) is 14.0. The van der Waals surface area contributed by atoms with Crippen LogP contribution in [0.3, 0.4) is 0 Å². The second kappa shape index (κ2) is 8.14. The Labute approximate surface area is 147 Å². The molecule has 0 N–H and O–H groups in total. The highest BCUT2D eigenvalue weighted by Crippen LogP contribution is 2.18. The first-order chi connectivity index (χ1) is 10.7. The van der Waals surface area contributed by atoms with E-state index < -0.39 is 0 Å². The van der Waals surface area contributed by atoms with Crippen LogP contribution in [-0.4, -0.2) is 18.9 Å². The maximum absolute atomic E-state index is 12.1. The van der Waals surface area contributed by atoms with Gasteiger partial charge < -0.3 is 17.3 Å². The molecule has 0 atom stereocenters. The zero-order chi connectivity index (χ0) is 15.4. The van der Waals surface area contributed by atoms with Crippen molar-refractivity contribution in [1.82, 2.24) is 0 Å². The molecule has 5 heteroatoms. The first-order valence-electron chi connectivity index (χ1n) is 7.46. The molecule has 1 aliphatic heterocycles. The fourth-order valence-electron chi connectivity index (χ4n) is 2.58. The van der Waals surface area contributed by atoms with Crippen molar-refractivity contribution < 1.29 is 21.8 Å². The van der Waals surface area contributed by atoms with Gasteiger partial charge in [-0.1, -0.05) is 11.6 Å². The Morgan fingerprint density at radius 1 is 1.04 bits per heavy atom. The Balaban J connectivity index is 0.00000192. The molecule has 1 saturated heterocycles. The molecular formula is C18H18Cl2N2O. The van der Waals surface area contributed by atoms with Gasteiger partial charge in [0.05, 0.1) is 6.08 Å². The highest BCUT2D eigenvalue weighted by molar-refractivity contribution is 6.30. The van der Waals surface area contributed by atoms with Gasteiger partial charge in [0.2, 0.25) is 0 Å². The van der Waals surface area contributed by atoms with Gasteiger partial charge in [0.1, 0.15) is 0 Å². The third kappa shape index (κ3) is 4.57. The molecule has 1 aromatic carbocycles. The van der Waals surface area contributed by atoms with E-state index in [1.54, 1.807) is 36.5 Å². The van der Waals surface area contributed by atoms with Crippen LogP contribution in [0.5, 0.6) is 0 Å². The van der Waals surface area contributed by atoms with Gasteiger partial charge in [-0.3, -0.25) is 4.79 Å². The number of nitrogens with zero attached hydrogens (tertiary/aromatic N) is 2. The molecule has 23 heavy (non-hydrogen) atoms. The molecule has 1 fully saturated rings. The number of hydrogen-bond donors (Lipinski definition) is 0. The van der Waals surface area contributed by atoms with Crippen molar-refractivity contribution in [3.63, 3.8) is 0 Å².